The van der Waals surface area contributed by atoms with Crippen LogP contribution in [0, 0.1) is 13.8 Å². The van der Waals surface area contributed by atoms with Crippen LogP contribution in [0.3, 0.4) is 0 Å². The molecule has 254 valence electrons. The third-order valence-electron chi connectivity index (χ3n) is 11.6. The first-order valence-corrected chi connectivity index (χ1v) is 18.6. The SMILES string of the molecule is Cc1ccc(N2c3cc(C(C)(C)C)ccc3B3c4c2cc(C)cc4-n2c4c3cc(C(C)(C)C)cc4c3oc4ccccc4c32)c(-c2ccccc2)c1. The number of rotatable bonds is 2. The van der Waals surface area contributed by atoms with Crippen molar-refractivity contribution in [1.29, 1.82) is 0 Å². The predicted octanol–water partition coefficient (Wildman–Crippen LogP) is 11.0. The minimum absolute atomic E-state index is 0.0134. The molecular formula is C48H43BN2O. The Labute approximate surface area is 306 Å². The van der Waals surface area contributed by atoms with Crippen LogP contribution in [-0.2, 0) is 10.8 Å². The molecule has 0 spiro atoms. The van der Waals surface area contributed by atoms with Crippen LogP contribution in [-0.4, -0.2) is 11.3 Å². The van der Waals surface area contributed by atoms with Crippen molar-refractivity contribution in [2.45, 2.75) is 66.2 Å². The van der Waals surface area contributed by atoms with Crippen molar-refractivity contribution in [2.24, 2.45) is 0 Å². The summed E-state index contributed by atoms with van der Waals surface area (Å²) in [6.45, 7) is 18.5. The van der Waals surface area contributed by atoms with E-state index in [0.717, 1.165) is 22.1 Å². The number of fused-ring (bicyclic) bond motifs is 9. The molecule has 6 aromatic carbocycles. The molecule has 2 aliphatic rings. The van der Waals surface area contributed by atoms with Gasteiger partial charge in [-0.1, -0.05) is 114 Å². The van der Waals surface area contributed by atoms with Crippen LogP contribution in [0.1, 0.15) is 63.8 Å². The zero-order valence-electron chi connectivity index (χ0n) is 31.3. The van der Waals surface area contributed by atoms with Gasteiger partial charge < -0.3 is 13.9 Å². The first-order valence-electron chi connectivity index (χ1n) is 18.6. The van der Waals surface area contributed by atoms with Crippen LogP contribution >= 0.6 is 0 Å². The minimum Gasteiger partial charge on any atom is -0.454 e. The number of nitrogens with zero attached hydrogens (tertiary/aromatic N) is 2. The third kappa shape index (κ3) is 4.33. The van der Waals surface area contributed by atoms with Crippen molar-refractivity contribution in [1.82, 2.24) is 4.57 Å². The van der Waals surface area contributed by atoms with Gasteiger partial charge in [0, 0.05) is 33.4 Å². The van der Waals surface area contributed by atoms with Crippen molar-refractivity contribution >= 4 is 73.1 Å². The Bertz CT molecular complexity index is 2790. The summed E-state index contributed by atoms with van der Waals surface area (Å²) in [6, 6.07) is 43.4. The predicted molar refractivity (Wildman–Crippen MR) is 222 cm³/mol. The number of anilines is 3. The molecule has 0 N–H and O–H groups in total. The van der Waals surface area contributed by atoms with Gasteiger partial charge in [-0.05, 0) is 112 Å². The molecule has 0 saturated carbocycles. The number of aromatic nitrogens is 1. The second-order valence-corrected chi connectivity index (χ2v) is 17.2. The second-order valence-electron chi connectivity index (χ2n) is 17.2. The third-order valence-corrected chi connectivity index (χ3v) is 11.6. The number of aryl methyl sites for hydroxylation is 2. The lowest BCUT2D eigenvalue weighted by Gasteiger charge is -2.42. The van der Waals surface area contributed by atoms with E-state index in [9.17, 15) is 0 Å². The summed E-state index contributed by atoms with van der Waals surface area (Å²) in [6.07, 6.45) is 0. The zero-order chi connectivity index (χ0) is 35.8. The summed E-state index contributed by atoms with van der Waals surface area (Å²) in [4.78, 5) is 2.58. The van der Waals surface area contributed by atoms with Crippen molar-refractivity contribution < 1.29 is 4.42 Å². The molecule has 52 heavy (non-hydrogen) atoms. The molecule has 0 saturated heterocycles. The molecule has 3 nitrogen and oxygen atoms in total. The summed E-state index contributed by atoms with van der Waals surface area (Å²) in [5, 5.41) is 2.35. The van der Waals surface area contributed by atoms with Gasteiger partial charge in [0.1, 0.15) is 11.1 Å². The van der Waals surface area contributed by atoms with Gasteiger partial charge in [0.25, 0.3) is 6.71 Å². The fraction of sp³-hybridized carbons (Fsp3) is 0.208. The van der Waals surface area contributed by atoms with E-state index in [1.54, 1.807) is 0 Å². The lowest BCUT2D eigenvalue weighted by Crippen LogP contribution is -2.60. The molecule has 0 bridgehead atoms. The highest BCUT2D eigenvalue weighted by Crippen LogP contribution is 2.47. The molecule has 2 aromatic heterocycles. The minimum atomic E-state index is -0.0480. The van der Waals surface area contributed by atoms with Gasteiger partial charge in [0.2, 0.25) is 0 Å². The number of hydrogen-bond donors (Lipinski definition) is 0. The zero-order valence-corrected chi connectivity index (χ0v) is 31.3. The fourth-order valence-electron chi connectivity index (χ4n) is 8.96. The molecule has 2 aliphatic heterocycles. The van der Waals surface area contributed by atoms with Crippen LogP contribution < -0.4 is 21.3 Å². The van der Waals surface area contributed by atoms with E-state index in [1.165, 1.54) is 83.4 Å². The Morgan fingerprint density at radius 2 is 1.27 bits per heavy atom. The maximum atomic E-state index is 6.82. The highest BCUT2D eigenvalue weighted by Gasteiger charge is 2.44. The van der Waals surface area contributed by atoms with Gasteiger partial charge in [-0.2, -0.15) is 0 Å². The van der Waals surface area contributed by atoms with Gasteiger partial charge in [-0.3, -0.25) is 0 Å². The molecular weight excluding hydrogens is 631 g/mol. The van der Waals surface area contributed by atoms with Crippen molar-refractivity contribution in [2.75, 3.05) is 4.90 Å². The van der Waals surface area contributed by atoms with Crippen LogP contribution in [0.5, 0.6) is 0 Å². The largest absolute Gasteiger partial charge is 0.454 e. The number of benzene rings is 6. The number of furan rings is 1. The van der Waals surface area contributed by atoms with Gasteiger partial charge in [0.05, 0.1) is 11.2 Å². The smallest absolute Gasteiger partial charge is 0.252 e. The fourth-order valence-corrected chi connectivity index (χ4v) is 8.96. The average Bonchev–Trinajstić information content (AvgIpc) is 3.65. The average molecular weight is 675 g/mol. The van der Waals surface area contributed by atoms with E-state index in [1.807, 2.05) is 0 Å². The first-order chi connectivity index (χ1) is 24.9. The van der Waals surface area contributed by atoms with Crippen LogP contribution in [0.4, 0.5) is 17.1 Å². The summed E-state index contributed by atoms with van der Waals surface area (Å²) in [5.41, 5.74) is 20.8. The molecule has 0 radical (unpaired) electrons. The van der Waals surface area contributed by atoms with Crippen molar-refractivity contribution in [3.05, 3.63) is 138 Å². The van der Waals surface area contributed by atoms with E-state index in [0.29, 0.717) is 0 Å². The van der Waals surface area contributed by atoms with E-state index >= 15 is 0 Å². The monoisotopic (exact) mass is 674 g/mol. The lowest BCUT2D eigenvalue weighted by atomic mass is 9.33. The summed E-state index contributed by atoms with van der Waals surface area (Å²) in [7, 11) is 0. The van der Waals surface area contributed by atoms with Crippen molar-refractivity contribution in [3.63, 3.8) is 0 Å². The molecule has 10 rings (SSSR count). The second kappa shape index (κ2) is 10.5. The molecule has 0 atom stereocenters. The number of hydrogen-bond acceptors (Lipinski definition) is 2. The molecule has 8 aromatic rings. The Hall–Kier alpha value is -5.48. The van der Waals surface area contributed by atoms with Gasteiger partial charge in [0.15, 0.2) is 5.58 Å². The van der Waals surface area contributed by atoms with Gasteiger partial charge in [-0.25, -0.2) is 0 Å². The molecule has 0 unspecified atom stereocenters. The Morgan fingerprint density at radius 1 is 0.538 bits per heavy atom. The van der Waals surface area contributed by atoms with Crippen LogP contribution in [0.2, 0.25) is 0 Å². The quantitative estimate of drug-likeness (QED) is 0.170. The first kappa shape index (κ1) is 31.3. The maximum Gasteiger partial charge on any atom is 0.252 e. The lowest BCUT2D eigenvalue weighted by molar-refractivity contribution is 0.590. The van der Waals surface area contributed by atoms with Gasteiger partial charge >= 0.3 is 0 Å². The molecule has 4 heteroatoms. The van der Waals surface area contributed by atoms with Crippen LogP contribution in [0.15, 0.2) is 120 Å². The Balaban J connectivity index is 1.39. The van der Waals surface area contributed by atoms with E-state index in [4.69, 9.17) is 4.42 Å². The summed E-state index contributed by atoms with van der Waals surface area (Å²) >= 11 is 0. The van der Waals surface area contributed by atoms with Gasteiger partial charge in [-0.15, -0.1) is 0 Å². The topological polar surface area (TPSA) is 21.3 Å². The van der Waals surface area contributed by atoms with E-state index < -0.39 is 0 Å². The van der Waals surface area contributed by atoms with Crippen molar-refractivity contribution in [3.8, 4) is 16.8 Å². The number of para-hydroxylation sites is 1. The summed E-state index contributed by atoms with van der Waals surface area (Å²) in [5.74, 6) is 0. The van der Waals surface area contributed by atoms with E-state index in [2.05, 4.69) is 180 Å². The van der Waals surface area contributed by atoms with Crippen LogP contribution in [0.25, 0.3) is 49.8 Å². The molecule has 0 aliphatic carbocycles. The highest BCUT2D eigenvalue weighted by atomic mass is 16.3. The maximum absolute atomic E-state index is 6.82. The standard InChI is InChI=1S/C48H43BN2O/c1-28-18-21-38(34(22-28)30-14-10-9-11-15-30)50-39-27-31(47(3,4)5)19-20-36(39)49-37-26-32(48(6,7)8)25-35-44(37)51(41-24-29(2)23-40(50)43(41)49)45-33-16-12-13-17-42(33)52-46(35)45/h9-27H,1-8H3. The molecule has 4 heterocycles. The normalized spacial score (nSPS) is 13.7. The van der Waals surface area contributed by atoms with E-state index in [-0.39, 0.29) is 17.5 Å². The molecule has 0 amide bonds. The Kier molecular flexibility index (Phi) is 6.34. The molecule has 0 fully saturated rings. The Morgan fingerprint density at radius 3 is 2.04 bits per heavy atom. The highest BCUT2D eigenvalue weighted by molar-refractivity contribution is 7.00. The summed E-state index contributed by atoms with van der Waals surface area (Å²) < 4.78 is 9.36.